The van der Waals surface area contributed by atoms with Gasteiger partial charge in [-0.15, -0.1) is 0 Å². The Bertz CT molecular complexity index is 1330. The van der Waals surface area contributed by atoms with Gasteiger partial charge in [-0.25, -0.2) is 4.98 Å². The molecule has 174 valence electrons. The zero-order valence-corrected chi connectivity index (χ0v) is 20.7. The minimum atomic E-state index is 0.0180. The van der Waals surface area contributed by atoms with Crippen LogP contribution >= 0.6 is 27.5 Å². The largest absolute Gasteiger partial charge is 0.465 e. The van der Waals surface area contributed by atoms with Gasteiger partial charge in [0.1, 0.15) is 11.6 Å². The summed E-state index contributed by atoms with van der Waals surface area (Å²) in [5.41, 5.74) is 2.38. The lowest BCUT2D eigenvalue weighted by Gasteiger charge is -2.31. The SMILES string of the molecule is O=C(/C=C/c1ccco1)N1CCC(CNc2cc(-c3ccccc3Cl)nc3c(Br)cnn23)CC1. The van der Waals surface area contributed by atoms with Crippen molar-refractivity contribution in [3.63, 3.8) is 0 Å². The molecule has 3 aromatic heterocycles. The third kappa shape index (κ3) is 4.88. The molecule has 0 saturated carbocycles. The lowest BCUT2D eigenvalue weighted by Crippen LogP contribution is -2.39. The van der Waals surface area contributed by atoms with Crippen molar-refractivity contribution in [2.75, 3.05) is 25.0 Å². The maximum absolute atomic E-state index is 12.5. The van der Waals surface area contributed by atoms with Gasteiger partial charge in [0.2, 0.25) is 5.91 Å². The van der Waals surface area contributed by atoms with Gasteiger partial charge in [-0.2, -0.15) is 9.61 Å². The van der Waals surface area contributed by atoms with Crippen LogP contribution in [0.1, 0.15) is 18.6 Å². The summed E-state index contributed by atoms with van der Waals surface area (Å²) in [5, 5.41) is 8.67. The van der Waals surface area contributed by atoms with Crippen LogP contribution in [0, 0.1) is 5.92 Å². The smallest absolute Gasteiger partial charge is 0.246 e. The first-order chi connectivity index (χ1) is 16.6. The molecule has 1 saturated heterocycles. The average Bonchev–Trinajstić information content (AvgIpc) is 3.52. The van der Waals surface area contributed by atoms with E-state index in [1.807, 2.05) is 41.3 Å². The van der Waals surface area contributed by atoms with E-state index in [0.717, 1.165) is 59.7 Å². The molecule has 1 N–H and O–H groups in total. The van der Waals surface area contributed by atoms with Crippen molar-refractivity contribution in [2.45, 2.75) is 12.8 Å². The highest BCUT2D eigenvalue weighted by atomic mass is 79.9. The molecule has 0 radical (unpaired) electrons. The zero-order chi connectivity index (χ0) is 23.5. The second-order valence-corrected chi connectivity index (χ2v) is 9.49. The number of nitrogens with one attached hydrogen (secondary N) is 1. The molecule has 34 heavy (non-hydrogen) atoms. The normalized spacial score (nSPS) is 14.8. The lowest BCUT2D eigenvalue weighted by atomic mass is 9.96. The van der Waals surface area contributed by atoms with E-state index < -0.39 is 0 Å². The Morgan fingerprint density at radius 2 is 2.06 bits per heavy atom. The predicted molar refractivity (Wildman–Crippen MR) is 137 cm³/mol. The van der Waals surface area contributed by atoms with Crippen molar-refractivity contribution >= 4 is 51.0 Å². The topological polar surface area (TPSA) is 75.7 Å². The number of hydrogen-bond acceptors (Lipinski definition) is 5. The van der Waals surface area contributed by atoms with Gasteiger partial charge < -0.3 is 14.6 Å². The first-order valence-corrected chi connectivity index (χ1v) is 12.3. The van der Waals surface area contributed by atoms with Gasteiger partial charge in [-0.05, 0) is 59.0 Å². The minimum Gasteiger partial charge on any atom is -0.465 e. The monoisotopic (exact) mass is 539 g/mol. The fraction of sp³-hybridized carbons (Fsp3) is 0.240. The molecule has 9 heteroatoms. The number of furan rings is 1. The molecule has 0 bridgehead atoms. The highest BCUT2D eigenvalue weighted by Gasteiger charge is 2.22. The van der Waals surface area contributed by atoms with Gasteiger partial charge in [0.15, 0.2) is 5.65 Å². The molecule has 1 aliphatic rings. The lowest BCUT2D eigenvalue weighted by molar-refractivity contribution is -0.127. The maximum atomic E-state index is 12.5. The van der Waals surface area contributed by atoms with Gasteiger partial charge in [0, 0.05) is 42.4 Å². The minimum absolute atomic E-state index is 0.0180. The van der Waals surface area contributed by atoms with E-state index in [9.17, 15) is 4.79 Å². The number of fused-ring (bicyclic) bond motifs is 1. The Balaban J connectivity index is 1.25. The maximum Gasteiger partial charge on any atom is 0.246 e. The Kier molecular flexibility index (Phi) is 6.69. The number of amides is 1. The number of hydrogen-bond donors (Lipinski definition) is 1. The predicted octanol–water partition coefficient (Wildman–Crippen LogP) is 5.77. The van der Waals surface area contributed by atoms with Crippen LogP contribution in [0.2, 0.25) is 5.02 Å². The van der Waals surface area contributed by atoms with Crippen molar-refractivity contribution in [1.82, 2.24) is 19.5 Å². The molecule has 0 atom stereocenters. The van der Waals surface area contributed by atoms with E-state index in [-0.39, 0.29) is 5.91 Å². The Labute approximate surface area is 210 Å². The van der Waals surface area contributed by atoms with E-state index in [0.29, 0.717) is 16.7 Å². The molecule has 4 aromatic rings. The molecule has 1 aromatic carbocycles. The van der Waals surface area contributed by atoms with Crippen molar-refractivity contribution in [3.05, 3.63) is 76.3 Å². The van der Waals surface area contributed by atoms with Gasteiger partial charge in [-0.1, -0.05) is 29.8 Å². The summed E-state index contributed by atoms with van der Waals surface area (Å²) in [6.07, 6.45) is 8.49. The summed E-state index contributed by atoms with van der Waals surface area (Å²) in [6.45, 7) is 2.25. The first-order valence-electron chi connectivity index (χ1n) is 11.1. The van der Waals surface area contributed by atoms with Crippen LogP contribution in [-0.4, -0.2) is 45.0 Å². The van der Waals surface area contributed by atoms with E-state index in [1.165, 1.54) is 0 Å². The molecule has 1 fully saturated rings. The molecule has 0 unspecified atom stereocenters. The Hall–Kier alpha value is -3.10. The molecule has 0 spiro atoms. The van der Waals surface area contributed by atoms with Crippen LogP contribution in [0.25, 0.3) is 23.0 Å². The van der Waals surface area contributed by atoms with E-state index >= 15 is 0 Å². The van der Waals surface area contributed by atoms with Crippen molar-refractivity contribution in [3.8, 4) is 11.3 Å². The van der Waals surface area contributed by atoms with Gasteiger partial charge in [-0.3, -0.25) is 4.79 Å². The average molecular weight is 541 g/mol. The van der Waals surface area contributed by atoms with Crippen LogP contribution in [0.15, 0.2) is 69.9 Å². The number of aromatic nitrogens is 3. The molecule has 1 amide bonds. The summed E-state index contributed by atoms with van der Waals surface area (Å²) in [4.78, 5) is 19.1. The Morgan fingerprint density at radius 1 is 1.24 bits per heavy atom. The molecule has 4 heterocycles. The first kappa shape index (κ1) is 22.7. The van der Waals surface area contributed by atoms with Crippen LogP contribution < -0.4 is 5.32 Å². The summed E-state index contributed by atoms with van der Waals surface area (Å²) in [6, 6.07) is 13.3. The fourth-order valence-corrected chi connectivity index (χ4v) is 4.70. The highest BCUT2D eigenvalue weighted by Crippen LogP contribution is 2.30. The number of anilines is 1. The number of benzene rings is 1. The number of likely N-dealkylation sites (tertiary alicyclic amines) is 1. The number of piperidine rings is 1. The second-order valence-electron chi connectivity index (χ2n) is 8.23. The van der Waals surface area contributed by atoms with E-state index in [1.54, 1.807) is 35.2 Å². The van der Waals surface area contributed by atoms with Crippen molar-refractivity contribution in [2.24, 2.45) is 5.92 Å². The number of carbonyl (C=O) groups is 1. The molecule has 1 aliphatic heterocycles. The van der Waals surface area contributed by atoms with Crippen molar-refractivity contribution < 1.29 is 9.21 Å². The van der Waals surface area contributed by atoms with E-state index in [2.05, 4.69) is 26.3 Å². The Morgan fingerprint density at radius 3 is 2.82 bits per heavy atom. The van der Waals surface area contributed by atoms with Gasteiger partial charge in [0.05, 0.1) is 22.6 Å². The van der Waals surface area contributed by atoms with Crippen LogP contribution in [0.4, 0.5) is 5.82 Å². The van der Waals surface area contributed by atoms with Crippen molar-refractivity contribution in [1.29, 1.82) is 0 Å². The fourth-order valence-electron chi connectivity index (χ4n) is 4.12. The second kappa shape index (κ2) is 10.0. The molecule has 0 aliphatic carbocycles. The van der Waals surface area contributed by atoms with E-state index in [4.69, 9.17) is 21.0 Å². The summed E-state index contributed by atoms with van der Waals surface area (Å²) in [5.74, 6) is 2.00. The standard InChI is InChI=1S/C25H23BrClN5O2/c26-20-16-29-32-23(14-22(30-25(20)32)19-5-1-2-6-21(19)27)28-15-17-9-11-31(12-10-17)24(33)8-7-18-4-3-13-34-18/h1-8,13-14,16-17,28H,9-12,15H2/b8-7+. The van der Waals surface area contributed by atoms with Gasteiger partial charge in [0.25, 0.3) is 0 Å². The molecule has 5 rings (SSSR count). The quantitative estimate of drug-likeness (QED) is 0.314. The highest BCUT2D eigenvalue weighted by molar-refractivity contribution is 9.10. The number of carbonyl (C=O) groups excluding carboxylic acids is 1. The zero-order valence-electron chi connectivity index (χ0n) is 18.3. The third-order valence-electron chi connectivity index (χ3n) is 6.01. The van der Waals surface area contributed by atoms with Crippen LogP contribution in [0.5, 0.6) is 0 Å². The summed E-state index contributed by atoms with van der Waals surface area (Å²) < 4.78 is 7.86. The number of rotatable bonds is 6. The molecule has 7 nitrogen and oxygen atoms in total. The summed E-state index contributed by atoms with van der Waals surface area (Å²) >= 11 is 9.97. The van der Waals surface area contributed by atoms with Crippen LogP contribution in [-0.2, 0) is 4.79 Å². The van der Waals surface area contributed by atoms with Gasteiger partial charge >= 0.3 is 0 Å². The number of halogens is 2. The molecular formula is C25H23BrClN5O2. The third-order valence-corrected chi connectivity index (χ3v) is 6.90. The number of nitrogens with zero attached hydrogens (tertiary/aromatic N) is 4. The summed E-state index contributed by atoms with van der Waals surface area (Å²) in [7, 11) is 0. The molecular weight excluding hydrogens is 518 g/mol. The van der Waals surface area contributed by atoms with Crippen LogP contribution in [0.3, 0.4) is 0 Å².